The molecule has 0 unspecified atom stereocenters. The van der Waals surface area contributed by atoms with Crippen molar-refractivity contribution >= 4 is 17.5 Å². The molecule has 1 fully saturated rings. The van der Waals surface area contributed by atoms with Gasteiger partial charge in [0.2, 0.25) is 0 Å². The normalized spacial score (nSPS) is 17.0. The minimum Gasteiger partial charge on any atom is -0.495 e. The van der Waals surface area contributed by atoms with Gasteiger partial charge in [0.1, 0.15) is 11.8 Å². The number of nitrogens with one attached hydrogen (secondary N) is 2. The SMILES string of the molecule is COc1c(C#N)cc(C(C)(C)C)cc1C(=O)Nc1cnc(C)c(-c2ccc(C(=O)NC3CCC(O)CC3)cc2)c1. The number of aliphatic hydroxyl groups is 1. The molecule has 1 heterocycles. The monoisotopic (exact) mass is 540 g/mol. The summed E-state index contributed by atoms with van der Waals surface area (Å²) in [5.41, 5.74) is 4.66. The number of carbonyl (C=O) groups is 2. The molecule has 208 valence electrons. The Hall–Kier alpha value is -4.22. The van der Waals surface area contributed by atoms with Gasteiger partial charge in [0.25, 0.3) is 11.8 Å². The van der Waals surface area contributed by atoms with Crippen LogP contribution in [0.4, 0.5) is 5.69 Å². The van der Waals surface area contributed by atoms with Crippen LogP contribution in [0, 0.1) is 18.3 Å². The van der Waals surface area contributed by atoms with Crippen molar-refractivity contribution in [1.82, 2.24) is 10.3 Å². The molecule has 0 saturated heterocycles. The number of aryl methyl sites for hydroxylation is 1. The lowest BCUT2D eigenvalue weighted by Gasteiger charge is -2.26. The molecule has 8 heteroatoms. The summed E-state index contributed by atoms with van der Waals surface area (Å²) in [7, 11) is 1.44. The van der Waals surface area contributed by atoms with E-state index < -0.39 is 5.91 Å². The zero-order valence-electron chi connectivity index (χ0n) is 23.7. The van der Waals surface area contributed by atoms with Crippen molar-refractivity contribution in [3.8, 4) is 22.9 Å². The third kappa shape index (κ3) is 6.49. The predicted molar refractivity (Wildman–Crippen MR) is 155 cm³/mol. The van der Waals surface area contributed by atoms with E-state index in [0.717, 1.165) is 35.2 Å². The number of nitriles is 1. The number of aromatic nitrogens is 1. The van der Waals surface area contributed by atoms with Crippen LogP contribution in [0.5, 0.6) is 5.75 Å². The van der Waals surface area contributed by atoms with Crippen LogP contribution in [0.3, 0.4) is 0 Å². The van der Waals surface area contributed by atoms with E-state index in [0.29, 0.717) is 29.7 Å². The van der Waals surface area contributed by atoms with Gasteiger partial charge in [0.05, 0.1) is 36.2 Å². The summed E-state index contributed by atoms with van der Waals surface area (Å²) >= 11 is 0. The number of aliphatic hydroxyl groups excluding tert-OH is 1. The average molecular weight is 541 g/mol. The van der Waals surface area contributed by atoms with Crippen LogP contribution < -0.4 is 15.4 Å². The van der Waals surface area contributed by atoms with Gasteiger partial charge in [-0.2, -0.15) is 5.26 Å². The number of pyridine rings is 1. The molecule has 8 nitrogen and oxygen atoms in total. The molecule has 0 aliphatic heterocycles. The molecule has 4 rings (SSSR count). The van der Waals surface area contributed by atoms with E-state index in [9.17, 15) is 20.0 Å². The maximum absolute atomic E-state index is 13.4. The first-order chi connectivity index (χ1) is 19.0. The van der Waals surface area contributed by atoms with Crippen molar-refractivity contribution < 1.29 is 19.4 Å². The van der Waals surface area contributed by atoms with E-state index >= 15 is 0 Å². The van der Waals surface area contributed by atoms with Crippen LogP contribution in [-0.2, 0) is 5.41 Å². The van der Waals surface area contributed by atoms with Crippen LogP contribution in [0.15, 0.2) is 48.7 Å². The summed E-state index contributed by atoms with van der Waals surface area (Å²) in [6.45, 7) is 7.94. The number of benzene rings is 2. The molecular weight excluding hydrogens is 504 g/mol. The first-order valence-corrected chi connectivity index (χ1v) is 13.5. The summed E-state index contributed by atoms with van der Waals surface area (Å²) in [4.78, 5) is 30.6. The van der Waals surface area contributed by atoms with E-state index in [2.05, 4.69) is 21.7 Å². The zero-order valence-corrected chi connectivity index (χ0v) is 23.7. The van der Waals surface area contributed by atoms with Gasteiger partial charge >= 0.3 is 0 Å². The minimum atomic E-state index is -0.404. The zero-order chi connectivity index (χ0) is 29.0. The highest BCUT2D eigenvalue weighted by Gasteiger charge is 2.24. The van der Waals surface area contributed by atoms with E-state index in [4.69, 9.17) is 4.74 Å². The summed E-state index contributed by atoms with van der Waals surface area (Å²) in [5.74, 6) is -0.308. The number of methoxy groups -OCH3 is 1. The Kier molecular flexibility index (Phi) is 8.55. The smallest absolute Gasteiger partial charge is 0.259 e. The van der Waals surface area contributed by atoms with Crippen molar-refractivity contribution in [2.24, 2.45) is 0 Å². The van der Waals surface area contributed by atoms with Crippen molar-refractivity contribution in [3.63, 3.8) is 0 Å². The van der Waals surface area contributed by atoms with Gasteiger partial charge in [0, 0.05) is 22.9 Å². The van der Waals surface area contributed by atoms with Crippen LogP contribution in [0.2, 0.25) is 0 Å². The second kappa shape index (κ2) is 11.9. The molecule has 40 heavy (non-hydrogen) atoms. The number of ether oxygens (including phenoxy) is 1. The maximum Gasteiger partial charge on any atom is 0.259 e. The lowest BCUT2D eigenvalue weighted by molar-refractivity contribution is 0.0867. The number of rotatable bonds is 6. The van der Waals surface area contributed by atoms with Gasteiger partial charge in [-0.25, -0.2) is 0 Å². The lowest BCUT2D eigenvalue weighted by atomic mass is 9.84. The predicted octanol–water partition coefficient (Wildman–Crippen LogP) is 5.52. The van der Waals surface area contributed by atoms with Gasteiger partial charge in [-0.3, -0.25) is 14.6 Å². The Morgan fingerprint density at radius 3 is 2.33 bits per heavy atom. The number of amides is 2. The number of hydrogen-bond donors (Lipinski definition) is 3. The molecule has 3 N–H and O–H groups in total. The van der Waals surface area contributed by atoms with Crippen molar-refractivity contribution in [1.29, 1.82) is 5.26 Å². The van der Waals surface area contributed by atoms with E-state index in [-0.39, 0.29) is 34.8 Å². The average Bonchev–Trinajstić information content (AvgIpc) is 2.94. The first kappa shape index (κ1) is 28.8. The fourth-order valence-corrected chi connectivity index (χ4v) is 4.92. The number of hydrogen-bond acceptors (Lipinski definition) is 6. The Bertz CT molecular complexity index is 1440. The highest BCUT2D eigenvalue weighted by Crippen LogP contribution is 2.33. The fourth-order valence-electron chi connectivity index (χ4n) is 4.92. The molecule has 1 saturated carbocycles. The molecule has 1 aliphatic carbocycles. The van der Waals surface area contributed by atoms with Crippen LogP contribution >= 0.6 is 0 Å². The van der Waals surface area contributed by atoms with Gasteiger partial charge in [-0.15, -0.1) is 0 Å². The molecule has 0 atom stereocenters. The van der Waals surface area contributed by atoms with Crippen molar-refractivity contribution in [2.45, 2.75) is 70.9 Å². The topological polar surface area (TPSA) is 124 Å². The Morgan fingerprint density at radius 2 is 1.73 bits per heavy atom. The third-order valence-corrected chi connectivity index (χ3v) is 7.36. The molecule has 0 bridgehead atoms. The molecule has 0 spiro atoms. The summed E-state index contributed by atoms with van der Waals surface area (Å²) in [6.07, 6.45) is 4.28. The molecule has 0 radical (unpaired) electrons. The van der Waals surface area contributed by atoms with E-state index in [1.165, 1.54) is 7.11 Å². The van der Waals surface area contributed by atoms with Crippen molar-refractivity contribution in [2.75, 3.05) is 12.4 Å². The van der Waals surface area contributed by atoms with Crippen LogP contribution in [0.25, 0.3) is 11.1 Å². The summed E-state index contributed by atoms with van der Waals surface area (Å²) < 4.78 is 5.45. The largest absolute Gasteiger partial charge is 0.495 e. The van der Waals surface area contributed by atoms with Crippen LogP contribution in [-0.4, -0.2) is 41.2 Å². The Morgan fingerprint density at radius 1 is 1.05 bits per heavy atom. The standard InChI is InChI=1S/C32H36N4O4/c1-19-27(20-6-8-21(9-7-20)30(38)35-24-10-12-26(37)13-11-24)16-25(18-34-19)36-31(39)28-15-23(32(2,3)4)14-22(17-33)29(28)40-5/h6-9,14-16,18,24,26,37H,10-13H2,1-5H3,(H,35,38)(H,36,39). The minimum absolute atomic E-state index is 0.0780. The second-order valence-corrected chi connectivity index (χ2v) is 11.3. The number of nitrogens with zero attached hydrogens (tertiary/aromatic N) is 2. The third-order valence-electron chi connectivity index (χ3n) is 7.36. The highest BCUT2D eigenvalue weighted by atomic mass is 16.5. The number of anilines is 1. The van der Waals surface area contributed by atoms with Crippen LogP contribution in [0.1, 0.15) is 84.0 Å². The quantitative estimate of drug-likeness (QED) is 0.378. The molecular formula is C32H36N4O4. The molecule has 3 aromatic rings. The number of carbonyl (C=O) groups excluding carboxylic acids is 2. The molecule has 2 aromatic carbocycles. The van der Waals surface area contributed by atoms with E-state index in [1.54, 1.807) is 30.5 Å². The Labute approximate surface area is 235 Å². The summed E-state index contributed by atoms with van der Waals surface area (Å²) in [6, 6.07) is 14.9. The fraction of sp³-hybridized carbons (Fsp3) is 0.375. The van der Waals surface area contributed by atoms with Gasteiger partial charge < -0.3 is 20.5 Å². The summed E-state index contributed by atoms with van der Waals surface area (Å²) in [5, 5.41) is 25.3. The molecule has 1 aliphatic rings. The molecule has 2 amide bonds. The van der Waals surface area contributed by atoms with Gasteiger partial charge in [-0.05, 0) is 79.5 Å². The lowest BCUT2D eigenvalue weighted by Crippen LogP contribution is -2.38. The van der Waals surface area contributed by atoms with Gasteiger partial charge in [-0.1, -0.05) is 32.9 Å². The van der Waals surface area contributed by atoms with Crippen molar-refractivity contribution in [3.05, 3.63) is 76.6 Å². The highest BCUT2D eigenvalue weighted by molar-refractivity contribution is 6.07. The maximum atomic E-state index is 13.4. The Balaban J connectivity index is 1.54. The second-order valence-electron chi connectivity index (χ2n) is 11.3. The van der Waals surface area contributed by atoms with E-state index in [1.807, 2.05) is 45.9 Å². The first-order valence-electron chi connectivity index (χ1n) is 13.5. The van der Waals surface area contributed by atoms with Gasteiger partial charge in [0.15, 0.2) is 0 Å². The molecule has 1 aromatic heterocycles.